The Bertz CT molecular complexity index is 109. The number of hydrogen-bond donors (Lipinski definition) is 1. The number of nitrogens with one attached hydrogen (secondary N) is 1. The Hall–Kier alpha value is -1.30. The molecule has 0 aromatic rings. The van der Waals surface area contributed by atoms with E-state index in [1.165, 1.54) is 5.57 Å². The quantitative estimate of drug-likeness (QED) is 0.629. The first-order chi connectivity index (χ1) is 3.80. The van der Waals surface area contributed by atoms with Crippen molar-refractivity contribution in [3.63, 3.8) is 0 Å². The zero-order valence-corrected chi connectivity index (χ0v) is 8.08. The molecule has 1 N–H and O–H groups in total. The maximum Gasteiger partial charge on any atom is 0 e. The van der Waals surface area contributed by atoms with Crippen molar-refractivity contribution < 1.29 is 0 Å². The van der Waals surface area contributed by atoms with E-state index in [1.54, 1.807) is 0 Å². The van der Waals surface area contributed by atoms with Gasteiger partial charge in [0.15, 0.2) is 0 Å². The molecule has 9 heavy (non-hydrogen) atoms. The number of hydrogen-bond acceptors (Lipinski definition) is 1. The van der Waals surface area contributed by atoms with E-state index in [0.717, 1.165) is 13.1 Å². The molecule has 1 radical (unpaired) electrons. The molecule has 0 aliphatic carbocycles. The zero-order chi connectivity index (χ0) is 5.98. The Kier molecular flexibility index (Phi) is 2.46. The molecule has 1 rings (SSSR count). The van der Waals surface area contributed by atoms with Crippen molar-refractivity contribution in [2.75, 3.05) is 13.1 Å². The Morgan fingerprint density at radius 3 is 2.67 bits per heavy atom. The van der Waals surface area contributed by atoms with Crippen molar-refractivity contribution in [1.29, 1.82) is 0 Å². The average molecular weight is 368 g/mol. The van der Waals surface area contributed by atoms with Crippen molar-refractivity contribution in [3.8, 4) is 0 Å². The van der Waals surface area contributed by atoms with Crippen LogP contribution in [0.1, 0.15) is 13.8 Å². The van der Waals surface area contributed by atoms with Gasteiger partial charge in [0.25, 0.3) is 0 Å². The van der Waals surface area contributed by atoms with Gasteiger partial charge in [0, 0.05) is 0 Å². The smallest absolute Gasteiger partial charge is 0 e. The number of rotatable bonds is 0. The molecular weight excluding hydrogens is 356 g/mol. The van der Waals surface area contributed by atoms with Crippen molar-refractivity contribution in [1.82, 2.24) is 5.32 Å². The second kappa shape index (κ2) is 2.88. The molecular formula is C7H12MdN-. The normalized spacial score (nSPS) is 26.4. The predicted molar refractivity (Wildman–Crippen MR) is 34.5 cm³/mol. The summed E-state index contributed by atoms with van der Waals surface area (Å²) in [6, 6.07) is 0. The molecule has 0 bridgehead atoms. The van der Waals surface area contributed by atoms with Crippen molar-refractivity contribution in [2.45, 2.75) is 13.8 Å². The molecule has 1 unspecified atom stereocenters. The van der Waals surface area contributed by atoms with Gasteiger partial charge < -0.3 is 11.4 Å². The fraction of sp³-hybridized carbons (Fsp3) is 0.714. The van der Waals surface area contributed by atoms with Crippen LogP contribution in [-0.2, 0) is 0 Å². The van der Waals surface area contributed by atoms with Gasteiger partial charge in [0.1, 0.15) is 0 Å². The summed E-state index contributed by atoms with van der Waals surface area (Å²) in [6.07, 6.45) is 3.24. The van der Waals surface area contributed by atoms with E-state index in [0.29, 0.717) is 5.92 Å². The summed E-state index contributed by atoms with van der Waals surface area (Å²) in [7, 11) is 0. The minimum absolute atomic E-state index is 0. The van der Waals surface area contributed by atoms with E-state index in [1.807, 2.05) is 0 Å². The van der Waals surface area contributed by atoms with Crippen LogP contribution in [0.4, 0.5) is 0 Å². The maximum absolute atomic E-state index is 3.24. The summed E-state index contributed by atoms with van der Waals surface area (Å²) in [5.41, 5.74) is 1.41. The van der Waals surface area contributed by atoms with Crippen LogP contribution in [0.5, 0.6) is 0 Å². The Balaban J connectivity index is 0.000000640. The second-order valence-electron chi connectivity index (χ2n) is 2.39. The van der Waals surface area contributed by atoms with Crippen molar-refractivity contribution >= 4 is 0 Å². The summed E-state index contributed by atoms with van der Waals surface area (Å²) in [6.45, 7) is 6.43. The van der Waals surface area contributed by atoms with E-state index in [-0.39, 0.29) is 0 Å². The van der Waals surface area contributed by atoms with Crippen LogP contribution in [0.15, 0.2) is 5.57 Å². The van der Waals surface area contributed by atoms with Crippen molar-refractivity contribution in [3.05, 3.63) is 11.6 Å². The molecule has 0 fully saturated rings. The summed E-state index contributed by atoms with van der Waals surface area (Å²) in [4.78, 5) is 0. The van der Waals surface area contributed by atoms with Gasteiger partial charge in [0.2, 0.25) is 0 Å². The molecule has 59 valence electrons. The first kappa shape index (κ1) is 7.70. The first-order valence-corrected chi connectivity index (χ1v) is 3.08. The van der Waals surface area contributed by atoms with Crippen LogP contribution in [0.3, 0.4) is 0 Å². The van der Waals surface area contributed by atoms with Gasteiger partial charge in [-0.05, 0) is 12.5 Å². The third kappa shape index (κ3) is 1.57. The summed E-state index contributed by atoms with van der Waals surface area (Å²) in [5, 5.41) is 3.23. The third-order valence-corrected chi connectivity index (χ3v) is 1.68. The third-order valence-electron chi connectivity index (χ3n) is 1.68. The van der Waals surface area contributed by atoms with E-state index < -0.39 is 0 Å². The Labute approximate surface area is 50.8 Å². The largest absolute Gasteiger partial charge is 0.483 e. The molecule has 1 nitrogen and oxygen atoms in total. The van der Waals surface area contributed by atoms with Crippen LogP contribution in [0, 0.1) is 12.0 Å². The minimum Gasteiger partial charge on any atom is -0.483 e. The first-order valence-electron chi connectivity index (χ1n) is 3.08. The van der Waals surface area contributed by atoms with E-state index >= 15 is 0 Å². The van der Waals surface area contributed by atoms with Gasteiger partial charge in [0.05, 0.1) is 0 Å². The Morgan fingerprint density at radius 1 is 1.67 bits per heavy atom. The van der Waals surface area contributed by atoms with Crippen molar-refractivity contribution in [2.24, 2.45) is 5.92 Å². The summed E-state index contributed by atoms with van der Waals surface area (Å²) in [5.74, 6) is 0.698. The van der Waals surface area contributed by atoms with Crippen LogP contribution >= 0.6 is 0 Å². The summed E-state index contributed by atoms with van der Waals surface area (Å²) >= 11 is 0. The Morgan fingerprint density at radius 2 is 2.33 bits per heavy atom. The van der Waals surface area contributed by atoms with Crippen LogP contribution < -0.4 is 5.32 Å². The van der Waals surface area contributed by atoms with E-state index in [9.17, 15) is 0 Å². The molecule has 0 saturated carbocycles. The van der Waals surface area contributed by atoms with E-state index in [4.69, 9.17) is 0 Å². The molecule has 2 heteroatoms. The van der Waals surface area contributed by atoms with Gasteiger partial charge in [-0.2, -0.15) is 0 Å². The molecule has 0 spiro atoms. The van der Waals surface area contributed by atoms with Gasteiger partial charge >= 0.3 is 0 Å². The molecule has 0 aromatic carbocycles. The average Bonchev–Trinajstić information content (AvgIpc) is 1.77. The molecule has 1 atom stereocenters. The van der Waals surface area contributed by atoms with Crippen LogP contribution in [0.2, 0.25) is 0 Å². The molecule has 1 heterocycles. The predicted octanol–water partition coefficient (Wildman–Crippen LogP) is 0.975. The van der Waals surface area contributed by atoms with Gasteiger partial charge in [-0.15, -0.1) is 6.54 Å². The fourth-order valence-corrected chi connectivity index (χ4v) is 0.818. The fourth-order valence-electron chi connectivity index (χ4n) is 0.818. The van der Waals surface area contributed by atoms with Gasteiger partial charge in [-0.25, -0.2) is 0 Å². The second-order valence-corrected chi connectivity index (χ2v) is 2.39. The van der Waals surface area contributed by atoms with Crippen LogP contribution in [0.25, 0.3) is 0 Å². The zero-order valence-electron chi connectivity index (χ0n) is 5.77. The molecule has 1 aliphatic heterocycles. The SMILES string of the molecule is CC1=[C-]CNCC1C.[Md]. The maximum atomic E-state index is 3.24. The molecule has 1 aliphatic rings. The summed E-state index contributed by atoms with van der Waals surface area (Å²) < 4.78 is 0. The van der Waals surface area contributed by atoms with Gasteiger partial charge in [-0.1, -0.05) is 13.8 Å². The minimum atomic E-state index is 0. The monoisotopic (exact) mass is 368 g/mol. The van der Waals surface area contributed by atoms with E-state index in [2.05, 4.69) is 25.2 Å². The molecule has 0 aromatic heterocycles. The van der Waals surface area contributed by atoms with Gasteiger partial charge in [-0.3, -0.25) is 5.57 Å². The topological polar surface area (TPSA) is 12.0 Å². The molecule has 0 amide bonds. The standard InChI is InChI=1S/C7H12N.Md/c1-6-3-4-8-5-7(6)2;/h7-8H,4-5H2,1-2H3;/q-1;. The molecule has 0 saturated heterocycles. The van der Waals surface area contributed by atoms with Crippen LogP contribution in [-0.4, -0.2) is 13.1 Å².